The van der Waals surface area contributed by atoms with Crippen molar-refractivity contribution in [3.05, 3.63) is 83.9 Å². The Morgan fingerprint density at radius 2 is 1.90 bits per heavy atom. The third-order valence-electron chi connectivity index (χ3n) is 5.39. The second-order valence-corrected chi connectivity index (χ2v) is 7.25. The Balaban J connectivity index is 1.34. The van der Waals surface area contributed by atoms with Crippen molar-refractivity contribution in [2.75, 3.05) is 22.1 Å². The summed E-state index contributed by atoms with van der Waals surface area (Å²) < 4.78 is 13.8. The quantitative estimate of drug-likeness (QED) is 0.455. The van der Waals surface area contributed by atoms with Crippen molar-refractivity contribution in [1.82, 2.24) is 9.97 Å². The number of fused-ring (bicyclic) bond motifs is 2. The zero-order valence-corrected chi connectivity index (χ0v) is 16.2. The predicted octanol–water partition coefficient (Wildman–Crippen LogP) is 4.91. The molecule has 0 saturated heterocycles. The summed E-state index contributed by atoms with van der Waals surface area (Å²) in [7, 11) is 0. The van der Waals surface area contributed by atoms with Crippen LogP contribution < -0.4 is 15.5 Å². The van der Waals surface area contributed by atoms with Crippen molar-refractivity contribution in [2.45, 2.75) is 13.0 Å². The molecule has 3 heterocycles. The molecule has 0 aliphatic carbocycles. The lowest BCUT2D eigenvalue weighted by molar-refractivity contribution is 0.262. The Morgan fingerprint density at radius 3 is 2.80 bits per heavy atom. The molecule has 1 aliphatic rings. The first kappa shape index (κ1) is 18.2. The number of aromatic nitrogens is 2. The van der Waals surface area contributed by atoms with Crippen LogP contribution in [0.2, 0.25) is 0 Å². The number of carbonyl (C=O) groups is 1. The van der Waals surface area contributed by atoms with E-state index >= 15 is 0 Å². The number of para-hydroxylation sites is 1. The molecule has 1 aliphatic heterocycles. The van der Waals surface area contributed by atoms with E-state index in [2.05, 4.69) is 37.6 Å². The van der Waals surface area contributed by atoms with Crippen LogP contribution in [0, 0.1) is 5.82 Å². The summed E-state index contributed by atoms with van der Waals surface area (Å²) in [5, 5.41) is 6.55. The Labute approximate surface area is 172 Å². The normalized spacial score (nSPS) is 12.8. The van der Waals surface area contributed by atoms with Crippen LogP contribution >= 0.6 is 0 Å². The van der Waals surface area contributed by atoms with Gasteiger partial charge in [-0.2, -0.15) is 0 Å². The van der Waals surface area contributed by atoms with Crippen LogP contribution in [0.5, 0.6) is 0 Å². The van der Waals surface area contributed by atoms with E-state index in [0.29, 0.717) is 0 Å². The van der Waals surface area contributed by atoms with E-state index in [1.165, 1.54) is 17.7 Å². The lowest BCUT2D eigenvalue weighted by Crippen LogP contribution is -2.21. The molecule has 2 aromatic carbocycles. The number of H-pyrrole nitrogens is 1. The van der Waals surface area contributed by atoms with Gasteiger partial charge >= 0.3 is 6.03 Å². The number of benzene rings is 2. The number of hydrogen-bond donors (Lipinski definition) is 3. The largest absolute Gasteiger partial charge is 0.367 e. The van der Waals surface area contributed by atoms with Gasteiger partial charge in [-0.05, 0) is 48.4 Å². The molecule has 6 nitrogen and oxygen atoms in total. The lowest BCUT2D eigenvalue weighted by Gasteiger charge is -2.19. The summed E-state index contributed by atoms with van der Waals surface area (Å²) in [5.74, 6) is -0.467. The molecule has 5 rings (SSSR count). The fourth-order valence-electron chi connectivity index (χ4n) is 3.97. The third-order valence-corrected chi connectivity index (χ3v) is 5.39. The number of amides is 2. The number of nitrogens with one attached hydrogen (secondary N) is 3. The number of aromatic amines is 1. The van der Waals surface area contributed by atoms with E-state index in [0.717, 1.165) is 47.5 Å². The van der Waals surface area contributed by atoms with Crippen molar-refractivity contribution < 1.29 is 9.18 Å². The molecule has 3 N–H and O–H groups in total. The number of pyridine rings is 1. The third kappa shape index (κ3) is 3.34. The monoisotopic (exact) mass is 401 g/mol. The van der Waals surface area contributed by atoms with Gasteiger partial charge in [0.2, 0.25) is 0 Å². The van der Waals surface area contributed by atoms with E-state index in [-0.39, 0.29) is 5.69 Å². The van der Waals surface area contributed by atoms with Crippen LogP contribution in [0.15, 0.2) is 67.0 Å². The number of urea groups is 1. The average molecular weight is 401 g/mol. The van der Waals surface area contributed by atoms with Gasteiger partial charge in [-0.15, -0.1) is 0 Å². The summed E-state index contributed by atoms with van der Waals surface area (Å²) in [6.45, 7) is 1.61. The van der Waals surface area contributed by atoms with E-state index in [4.69, 9.17) is 0 Å². The summed E-state index contributed by atoms with van der Waals surface area (Å²) in [5.41, 5.74) is 5.13. The molecule has 0 fully saturated rings. The van der Waals surface area contributed by atoms with E-state index in [9.17, 15) is 9.18 Å². The minimum atomic E-state index is -0.467. The highest BCUT2D eigenvalue weighted by Gasteiger charge is 2.23. The smallest absolute Gasteiger partial charge is 0.323 e. The molecule has 0 atom stereocenters. The number of rotatable bonds is 4. The molecule has 2 amide bonds. The molecule has 30 heavy (non-hydrogen) atoms. The van der Waals surface area contributed by atoms with Crippen LogP contribution in [0.25, 0.3) is 11.0 Å². The second kappa shape index (κ2) is 7.51. The highest BCUT2D eigenvalue weighted by molar-refractivity contribution is 6.01. The molecule has 0 bridgehead atoms. The zero-order chi connectivity index (χ0) is 20.5. The van der Waals surface area contributed by atoms with E-state index in [1.54, 1.807) is 18.3 Å². The fraction of sp³-hybridized carbons (Fsp3) is 0.130. The second-order valence-electron chi connectivity index (χ2n) is 7.25. The van der Waals surface area contributed by atoms with Crippen LogP contribution in [-0.2, 0) is 13.0 Å². The highest BCUT2D eigenvalue weighted by Crippen LogP contribution is 2.35. The van der Waals surface area contributed by atoms with Gasteiger partial charge in [0, 0.05) is 47.8 Å². The maximum Gasteiger partial charge on any atom is 0.323 e. The number of anilines is 3. The minimum Gasteiger partial charge on any atom is -0.367 e. The maximum absolute atomic E-state index is 13.8. The van der Waals surface area contributed by atoms with Gasteiger partial charge in [-0.25, -0.2) is 14.2 Å². The topological polar surface area (TPSA) is 73.1 Å². The van der Waals surface area contributed by atoms with Gasteiger partial charge in [0.25, 0.3) is 0 Å². The molecule has 2 aromatic heterocycles. The number of halogens is 1. The Hall–Kier alpha value is -3.87. The van der Waals surface area contributed by atoms with Crippen molar-refractivity contribution in [3.63, 3.8) is 0 Å². The molecule has 0 saturated carbocycles. The molecule has 7 heteroatoms. The predicted molar refractivity (Wildman–Crippen MR) is 116 cm³/mol. The van der Waals surface area contributed by atoms with E-state index < -0.39 is 11.8 Å². The maximum atomic E-state index is 13.8. The average Bonchev–Trinajstić information content (AvgIpc) is 3.35. The van der Waals surface area contributed by atoms with Gasteiger partial charge in [0.15, 0.2) is 0 Å². The van der Waals surface area contributed by atoms with Crippen molar-refractivity contribution in [1.29, 1.82) is 0 Å². The van der Waals surface area contributed by atoms with Crippen molar-refractivity contribution >= 4 is 34.1 Å². The zero-order valence-electron chi connectivity index (χ0n) is 16.2. The summed E-state index contributed by atoms with van der Waals surface area (Å²) in [6, 6.07) is 15.5. The van der Waals surface area contributed by atoms with Gasteiger partial charge in [-0.1, -0.05) is 18.2 Å². The summed E-state index contributed by atoms with van der Waals surface area (Å²) in [4.78, 5) is 22.3. The van der Waals surface area contributed by atoms with Crippen LogP contribution in [0.1, 0.15) is 11.1 Å². The first-order valence-electron chi connectivity index (χ1n) is 9.79. The first-order chi connectivity index (χ1) is 14.7. The number of carbonyl (C=O) groups excluding carboxylic acids is 1. The molecule has 0 radical (unpaired) electrons. The molecule has 0 spiro atoms. The summed E-state index contributed by atoms with van der Waals surface area (Å²) >= 11 is 0. The SMILES string of the molecule is O=C(Nc1ccccc1F)Nc1cccc2c1CCN2Cc1c[nH]c2ncccc12. The summed E-state index contributed by atoms with van der Waals surface area (Å²) in [6.07, 6.45) is 4.60. The molecule has 4 aromatic rings. The van der Waals surface area contributed by atoms with Gasteiger partial charge in [-0.3, -0.25) is 0 Å². The first-order valence-corrected chi connectivity index (χ1v) is 9.79. The Bertz CT molecular complexity index is 1240. The van der Waals surface area contributed by atoms with Gasteiger partial charge < -0.3 is 20.5 Å². The van der Waals surface area contributed by atoms with Gasteiger partial charge in [0.05, 0.1) is 5.69 Å². The minimum absolute atomic E-state index is 0.150. The Kier molecular flexibility index (Phi) is 4.55. The number of hydrogen-bond acceptors (Lipinski definition) is 3. The molecule has 0 unspecified atom stereocenters. The standard InChI is InChI=1S/C23H20FN5O/c24-18-6-1-2-7-20(18)28-23(30)27-19-8-3-9-21-17(19)10-12-29(21)14-15-13-26-22-16(15)5-4-11-25-22/h1-9,11,13H,10,12,14H2,(H,25,26)(H2,27,28,30). The highest BCUT2D eigenvalue weighted by atomic mass is 19.1. The molecular formula is C23H20FN5O. The lowest BCUT2D eigenvalue weighted by atomic mass is 10.1. The van der Waals surface area contributed by atoms with E-state index in [1.807, 2.05) is 24.4 Å². The van der Waals surface area contributed by atoms with Crippen LogP contribution in [0.3, 0.4) is 0 Å². The van der Waals surface area contributed by atoms with Crippen molar-refractivity contribution in [2.24, 2.45) is 0 Å². The molecule has 150 valence electrons. The number of nitrogens with zero attached hydrogens (tertiary/aromatic N) is 2. The fourth-order valence-corrected chi connectivity index (χ4v) is 3.97. The van der Waals surface area contributed by atoms with Crippen LogP contribution in [0.4, 0.5) is 26.2 Å². The van der Waals surface area contributed by atoms with Crippen molar-refractivity contribution in [3.8, 4) is 0 Å². The van der Waals surface area contributed by atoms with Gasteiger partial charge in [0.1, 0.15) is 11.5 Å². The molecular weight excluding hydrogens is 381 g/mol. The van der Waals surface area contributed by atoms with Crippen LogP contribution in [-0.4, -0.2) is 22.5 Å². The Morgan fingerprint density at radius 1 is 1.07 bits per heavy atom.